The highest BCUT2D eigenvalue weighted by Gasteiger charge is 2.17. The molecule has 2 aromatic carbocycles. The number of amides is 1. The van der Waals surface area contributed by atoms with Gasteiger partial charge in [0.1, 0.15) is 10.8 Å². The Morgan fingerprint density at radius 1 is 1.26 bits per heavy atom. The van der Waals surface area contributed by atoms with Gasteiger partial charge in [-0.2, -0.15) is 0 Å². The number of halogens is 1. The zero-order valence-corrected chi connectivity index (χ0v) is 16.9. The fourth-order valence-electron chi connectivity index (χ4n) is 3.07. The molecule has 4 rings (SSSR count). The SMILES string of the molecule is Nc1ccc(Sc2cnc(N)c(C(=O)NCc3c[nH]c4cccc(F)c34)n2)c(C=O)c1. The van der Waals surface area contributed by atoms with Crippen LogP contribution in [0.5, 0.6) is 0 Å². The third-order valence-corrected chi connectivity index (χ3v) is 5.54. The third kappa shape index (κ3) is 4.19. The molecule has 31 heavy (non-hydrogen) atoms. The minimum atomic E-state index is -0.550. The molecule has 8 nitrogen and oxygen atoms in total. The van der Waals surface area contributed by atoms with Crippen molar-refractivity contribution in [1.82, 2.24) is 20.3 Å². The Kier molecular flexibility index (Phi) is 5.54. The molecular formula is C21H17FN6O2S. The molecule has 10 heteroatoms. The zero-order chi connectivity index (χ0) is 22.0. The lowest BCUT2D eigenvalue weighted by Gasteiger charge is -2.09. The Morgan fingerprint density at radius 2 is 2.10 bits per heavy atom. The maximum absolute atomic E-state index is 14.1. The van der Waals surface area contributed by atoms with Gasteiger partial charge in [0, 0.05) is 39.8 Å². The van der Waals surface area contributed by atoms with Crippen LogP contribution in [0.25, 0.3) is 10.9 Å². The molecule has 0 spiro atoms. The van der Waals surface area contributed by atoms with Crippen LogP contribution in [-0.2, 0) is 6.54 Å². The van der Waals surface area contributed by atoms with Gasteiger partial charge in [-0.05, 0) is 35.9 Å². The minimum Gasteiger partial charge on any atom is -0.399 e. The molecule has 0 fully saturated rings. The summed E-state index contributed by atoms with van der Waals surface area (Å²) in [6, 6.07) is 9.61. The Bertz CT molecular complexity index is 1310. The van der Waals surface area contributed by atoms with Crippen LogP contribution in [0.1, 0.15) is 26.4 Å². The Morgan fingerprint density at radius 3 is 2.90 bits per heavy atom. The van der Waals surface area contributed by atoms with Gasteiger partial charge in [0.25, 0.3) is 5.91 Å². The molecule has 1 amide bonds. The first-order valence-electron chi connectivity index (χ1n) is 9.14. The van der Waals surface area contributed by atoms with Crippen LogP contribution in [0.3, 0.4) is 0 Å². The lowest BCUT2D eigenvalue weighted by Crippen LogP contribution is -2.25. The van der Waals surface area contributed by atoms with Gasteiger partial charge in [-0.25, -0.2) is 14.4 Å². The second-order valence-corrected chi connectivity index (χ2v) is 7.68. The van der Waals surface area contributed by atoms with Crippen molar-refractivity contribution in [1.29, 1.82) is 0 Å². The number of carbonyl (C=O) groups is 2. The maximum atomic E-state index is 14.1. The number of fused-ring (bicyclic) bond motifs is 1. The van der Waals surface area contributed by atoms with Crippen LogP contribution in [0.15, 0.2) is 58.7 Å². The Balaban J connectivity index is 1.54. The first kappa shape index (κ1) is 20.4. The highest BCUT2D eigenvalue weighted by molar-refractivity contribution is 7.99. The number of nitrogens with one attached hydrogen (secondary N) is 2. The summed E-state index contributed by atoms with van der Waals surface area (Å²) in [6.45, 7) is 0.0749. The number of hydrogen-bond donors (Lipinski definition) is 4. The summed E-state index contributed by atoms with van der Waals surface area (Å²) < 4.78 is 14.1. The van der Waals surface area contributed by atoms with E-state index in [1.165, 1.54) is 12.3 Å². The van der Waals surface area contributed by atoms with Crippen LogP contribution >= 0.6 is 11.8 Å². The number of nitrogens with zero attached hydrogens (tertiary/aromatic N) is 2. The van der Waals surface area contributed by atoms with Crippen molar-refractivity contribution in [2.24, 2.45) is 0 Å². The quantitative estimate of drug-likeness (QED) is 0.269. The van der Waals surface area contributed by atoms with Gasteiger partial charge >= 0.3 is 0 Å². The standard InChI is InChI=1S/C21H17FN6O2S/c22-14-2-1-3-15-18(14)12(7-25-15)8-27-21(30)19-20(24)26-9-17(28-19)31-16-5-4-13(23)6-11(16)10-29/h1-7,9-10,25H,8,23H2,(H2,24,26)(H,27,30). The summed E-state index contributed by atoms with van der Waals surface area (Å²) in [6.07, 6.45) is 3.74. The summed E-state index contributed by atoms with van der Waals surface area (Å²) in [5.41, 5.74) is 13.6. The summed E-state index contributed by atoms with van der Waals surface area (Å²) in [4.78, 5) is 35.9. The van der Waals surface area contributed by atoms with Gasteiger partial charge in [0.05, 0.1) is 6.20 Å². The fourth-order valence-corrected chi connectivity index (χ4v) is 3.90. The summed E-state index contributed by atoms with van der Waals surface area (Å²) in [5.74, 6) is -0.971. The molecule has 0 bridgehead atoms. The van der Waals surface area contributed by atoms with Crippen molar-refractivity contribution in [2.75, 3.05) is 11.5 Å². The second-order valence-electron chi connectivity index (χ2n) is 6.62. The Labute approximate surface area is 180 Å². The predicted molar refractivity (Wildman–Crippen MR) is 116 cm³/mol. The van der Waals surface area contributed by atoms with Crippen molar-refractivity contribution < 1.29 is 14.0 Å². The van der Waals surface area contributed by atoms with Gasteiger partial charge < -0.3 is 21.8 Å². The van der Waals surface area contributed by atoms with E-state index in [4.69, 9.17) is 11.5 Å². The van der Waals surface area contributed by atoms with Crippen molar-refractivity contribution >= 4 is 46.4 Å². The van der Waals surface area contributed by atoms with Crippen LogP contribution < -0.4 is 16.8 Å². The maximum Gasteiger partial charge on any atom is 0.274 e. The van der Waals surface area contributed by atoms with Crippen LogP contribution in [-0.4, -0.2) is 27.1 Å². The zero-order valence-electron chi connectivity index (χ0n) is 16.1. The van der Waals surface area contributed by atoms with Gasteiger partial charge in [0.15, 0.2) is 17.8 Å². The molecule has 0 atom stereocenters. The lowest BCUT2D eigenvalue weighted by atomic mass is 10.1. The number of aromatic nitrogens is 3. The molecule has 6 N–H and O–H groups in total. The van der Waals surface area contributed by atoms with E-state index in [1.54, 1.807) is 36.5 Å². The van der Waals surface area contributed by atoms with Crippen molar-refractivity contribution in [3.8, 4) is 0 Å². The molecule has 156 valence electrons. The van der Waals surface area contributed by atoms with E-state index in [2.05, 4.69) is 20.3 Å². The molecule has 0 saturated heterocycles. The van der Waals surface area contributed by atoms with Crippen molar-refractivity contribution in [3.05, 3.63) is 71.4 Å². The topological polar surface area (TPSA) is 140 Å². The molecule has 0 aliphatic heterocycles. The smallest absolute Gasteiger partial charge is 0.274 e. The second kappa shape index (κ2) is 8.44. The highest BCUT2D eigenvalue weighted by Crippen LogP contribution is 2.30. The van der Waals surface area contributed by atoms with Crippen LogP contribution in [0.2, 0.25) is 0 Å². The predicted octanol–water partition coefficient (Wildman–Crippen LogP) is 3.16. The van der Waals surface area contributed by atoms with E-state index in [-0.39, 0.29) is 23.9 Å². The van der Waals surface area contributed by atoms with Crippen LogP contribution in [0.4, 0.5) is 15.9 Å². The lowest BCUT2D eigenvalue weighted by molar-refractivity contribution is 0.0945. The Hall–Kier alpha value is -3.92. The van der Waals surface area contributed by atoms with E-state index >= 15 is 0 Å². The number of nitrogens with two attached hydrogens (primary N) is 2. The fraction of sp³-hybridized carbons (Fsp3) is 0.0476. The molecular weight excluding hydrogens is 419 g/mol. The minimum absolute atomic E-state index is 0.0418. The van der Waals surface area contributed by atoms with E-state index in [0.717, 1.165) is 11.8 Å². The average Bonchev–Trinajstić information content (AvgIpc) is 3.19. The number of anilines is 2. The van der Waals surface area contributed by atoms with E-state index in [9.17, 15) is 14.0 Å². The number of hydrogen-bond acceptors (Lipinski definition) is 7. The first-order valence-corrected chi connectivity index (χ1v) is 9.95. The number of aromatic amines is 1. The molecule has 0 aliphatic rings. The van der Waals surface area contributed by atoms with E-state index in [0.29, 0.717) is 43.9 Å². The van der Waals surface area contributed by atoms with Gasteiger partial charge in [-0.3, -0.25) is 9.59 Å². The number of rotatable bonds is 6. The van der Waals surface area contributed by atoms with Crippen molar-refractivity contribution in [2.45, 2.75) is 16.5 Å². The third-order valence-electron chi connectivity index (χ3n) is 4.55. The van der Waals surface area contributed by atoms with E-state index < -0.39 is 5.91 Å². The summed E-state index contributed by atoms with van der Waals surface area (Å²) in [7, 11) is 0. The van der Waals surface area contributed by atoms with Gasteiger partial charge in [-0.15, -0.1) is 0 Å². The number of H-pyrrole nitrogens is 1. The molecule has 0 unspecified atom stereocenters. The van der Waals surface area contributed by atoms with Crippen LogP contribution in [0, 0.1) is 5.82 Å². The molecule has 2 aromatic heterocycles. The first-order chi connectivity index (χ1) is 15.0. The summed E-state index contributed by atoms with van der Waals surface area (Å²) in [5, 5.41) is 3.49. The van der Waals surface area contributed by atoms with Crippen molar-refractivity contribution in [3.63, 3.8) is 0 Å². The van der Waals surface area contributed by atoms with Gasteiger partial charge in [-0.1, -0.05) is 17.8 Å². The summed E-state index contributed by atoms with van der Waals surface area (Å²) >= 11 is 1.16. The number of carbonyl (C=O) groups excluding carboxylic acids is 2. The highest BCUT2D eigenvalue weighted by atomic mass is 32.2. The average molecular weight is 436 g/mol. The number of benzene rings is 2. The van der Waals surface area contributed by atoms with Gasteiger partial charge in [0.2, 0.25) is 0 Å². The molecule has 0 radical (unpaired) electrons. The normalized spacial score (nSPS) is 10.9. The number of nitrogen functional groups attached to an aromatic ring is 2. The monoisotopic (exact) mass is 436 g/mol. The molecule has 0 aliphatic carbocycles. The molecule has 2 heterocycles. The number of aldehydes is 1. The largest absolute Gasteiger partial charge is 0.399 e. The molecule has 4 aromatic rings. The molecule has 0 saturated carbocycles. The van der Waals surface area contributed by atoms with E-state index in [1.807, 2.05) is 0 Å².